The summed E-state index contributed by atoms with van der Waals surface area (Å²) in [6.07, 6.45) is 2.22. The molecule has 2 aromatic heterocycles. The molecule has 4 saturated heterocycles. The molecule has 0 aliphatic carbocycles. The zero-order valence-corrected chi connectivity index (χ0v) is 68.7. The fourth-order valence-corrected chi connectivity index (χ4v) is 25.4. The largest absolute Gasteiger partial charge is 0.504 e. The molecule has 2 spiro atoms. The Morgan fingerprint density at radius 2 is 0.957 bits per heavy atom. The maximum Gasteiger partial charge on any atom is 0.333 e. The van der Waals surface area contributed by atoms with Gasteiger partial charge in [0.1, 0.15) is 25.3 Å². The van der Waals surface area contributed by atoms with Gasteiger partial charge in [0.15, 0.2) is 57.1 Å². The van der Waals surface area contributed by atoms with Crippen molar-refractivity contribution in [3.05, 3.63) is 170 Å². The number of nitrogens with zero attached hydrogens (tertiary/aromatic N) is 7. The Morgan fingerprint density at radius 3 is 1.32 bits per heavy atom. The third-order valence-corrected chi connectivity index (χ3v) is 29.9. The first-order valence-electron chi connectivity index (χ1n) is 38.6. The Kier molecular flexibility index (Phi) is 19.8. The number of H-pyrrole nitrogens is 2. The molecule has 16 atom stereocenters. The molecular weight excluding hydrogens is 1610 g/mol. The first kappa shape index (κ1) is 78.6. The van der Waals surface area contributed by atoms with Gasteiger partial charge in [-0.25, -0.2) is 9.59 Å². The summed E-state index contributed by atoms with van der Waals surface area (Å²) in [5, 5.41) is 90.2. The fourth-order valence-electron chi connectivity index (χ4n) is 22.0. The minimum atomic E-state index is -1.50. The Bertz CT molecular complexity index is 5200. The number of phenolic OH excluding ortho intramolecular Hbond substituents is 2. The molecule has 0 saturated carbocycles. The number of likely N-dealkylation sites (N-methyl/N-ethyl adjacent to an activating group) is 2. The number of aliphatic hydroxyl groups is 2. The number of aryl methyl sites for hydroxylation is 4. The van der Waals surface area contributed by atoms with Gasteiger partial charge in [0.2, 0.25) is 13.6 Å². The summed E-state index contributed by atoms with van der Waals surface area (Å²) in [6, 6.07) is 17.3. The quantitative estimate of drug-likeness (QED) is 0.0343. The second kappa shape index (κ2) is 29.0. The van der Waals surface area contributed by atoms with E-state index in [1.807, 2.05) is 26.0 Å². The standard InChI is InChI=1S/2C42H45N5O7S.Ag.HNO3/c2*1-18-7-8-26-24(9-18)25-12-23(14-48)45-42(40(25)44-26)16-55-39-30-20(3)21(4)37-38(54-17-53-37)32(30)29(15-52-41(42)50)47-28(13-43)27-11-22-10-19(2)36(51-6)35(49)31(22)33(34(39)47)46(27)5;;2-1(3)4/h2*7-10,23,27-29,33-34,39,44-45,48-49H,11-12,14-17H2,1-6H3;;(H,2,3,4)/t2*23-,27+,28+,29+,33-,34-,39-,42-;;/m11../s1. The maximum atomic E-state index is 15.0. The Labute approximate surface area is 687 Å². The molecule has 14 aliphatic rings. The summed E-state index contributed by atoms with van der Waals surface area (Å²) in [6.45, 7) is 16.1. The van der Waals surface area contributed by atoms with Crippen LogP contribution in [0.15, 0.2) is 48.5 Å². The number of hydrogen-bond acceptors (Lipinski definition) is 26. The van der Waals surface area contributed by atoms with Crippen molar-refractivity contribution < 1.29 is 101 Å². The molecule has 4 fully saturated rings. The van der Waals surface area contributed by atoms with E-state index in [1.54, 1.807) is 37.7 Å². The number of hydrogen-bond donors (Lipinski definition) is 9. The minimum Gasteiger partial charge on any atom is -0.504 e. The number of aromatic nitrogens is 2. The molecule has 22 rings (SSSR count). The Morgan fingerprint density at radius 1 is 0.574 bits per heavy atom. The number of ether oxygens (including phenoxy) is 8. The molecule has 28 nitrogen and oxygen atoms in total. The van der Waals surface area contributed by atoms with Crippen LogP contribution in [0, 0.1) is 88.2 Å². The molecule has 14 aliphatic heterocycles. The zero-order chi connectivity index (χ0) is 80.1. The van der Waals surface area contributed by atoms with Crippen LogP contribution in [-0.2, 0) is 78.2 Å². The number of phenols is 2. The predicted octanol–water partition coefficient (Wildman–Crippen LogP) is 9.26. The van der Waals surface area contributed by atoms with Gasteiger partial charge in [-0.05, 0) is 186 Å². The fraction of sp³-hybridized carbons (Fsp3) is 0.476. The van der Waals surface area contributed by atoms with Gasteiger partial charge in [-0.15, -0.1) is 33.6 Å². The van der Waals surface area contributed by atoms with E-state index in [4.69, 9.17) is 53.2 Å². The SMILES string of the molecule is COc1c(C)cc2c(c1O)[C@@H]1[C@@H]3[C@@H]4SC[C@]5(N[C@@H](CO)Cc6c5[nH]c5ccc(C)cc65)C(=O)OC[C@@H](c5c6c(c(C)c(C)c54)OCO6)N3[C@@H](C#N)[C@H](C2)N1C.COc1c(C)cc2c(c1O)[C@@H]1[C@@H]3[C@@H]4SC[C@]5(N[C@@H](CO)Cc6c5[nH]c5ccc(C)cc65)C(=O)OC[C@@H](c5c6c(c(C)c(C)c54)OCO6)N3[C@@H](C#N)[C@H](C2)N1C.O=[N+]([O-])O.[Ag]. The van der Waals surface area contributed by atoms with E-state index in [0.29, 0.717) is 60.2 Å². The van der Waals surface area contributed by atoms with Crippen LogP contribution in [0.2, 0.25) is 0 Å². The number of benzene rings is 6. The molecule has 31 heteroatoms. The number of aliphatic hydroxyl groups excluding tert-OH is 2. The van der Waals surface area contributed by atoms with Gasteiger partial charge in [0.25, 0.3) is 5.09 Å². The third-order valence-electron chi connectivity index (χ3n) is 27.0. The minimum absolute atomic E-state index is 0. The van der Waals surface area contributed by atoms with Crippen LogP contribution >= 0.6 is 23.5 Å². The van der Waals surface area contributed by atoms with E-state index in [-0.39, 0.29) is 144 Å². The van der Waals surface area contributed by atoms with Crippen LogP contribution in [0.4, 0.5) is 0 Å². The monoisotopic (exact) mass is 1700 g/mol. The third kappa shape index (κ3) is 11.4. The van der Waals surface area contributed by atoms with Crippen molar-refractivity contribution in [3.63, 3.8) is 0 Å². The van der Waals surface area contributed by atoms with Gasteiger partial charge in [-0.2, -0.15) is 10.5 Å². The molecule has 607 valence electrons. The van der Waals surface area contributed by atoms with E-state index in [0.717, 1.165) is 133 Å². The van der Waals surface area contributed by atoms with E-state index in [1.165, 1.54) is 0 Å². The average molecular weight is 1700 g/mol. The van der Waals surface area contributed by atoms with Crippen molar-refractivity contribution >= 4 is 57.3 Å². The summed E-state index contributed by atoms with van der Waals surface area (Å²) in [5.41, 5.74) is 18.4. The van der Waals surface area contributed by atoms with Crippen molar-refractivity contribution in [2.24, 2.45) is 0 Å². The topological polar surface area (TPSA) is 368 Å². The van der Waals surface area contributed by atoms with Gasteiger partial charge >= 0.3 is 11.9 Å². The number of nitrogens with one attached hydrogen (secondary N) is 4. The molecule has 0 unspecified atom stereocenters. The summed E-state index contributed by atoms with van der Waals surface area (Å²) in [5.74, 6) is 3.47. The number of methoxy groups -OCH3 is 2. The van der Waals surface area contributed by atoms with Gasteiger partial charge in [0.05, 0.1) is 75.1 Å². The number of esters is 2. The van der Waals surface area contributed by atoms with Gasteiger partial charge < -0.3 is 73.5 Å². The average Bonchev–Trinajstić information content (AvgIpc) is 1.28. The molecule has 6 aromatic carbocycles. The number of aromatic hydroxyl groups is 2. The van der Waals surface area contributed by atoms with Crippen LogP contribution in [0.3, 0.4) is 0 Å². The van der Waals surface area contributed by atoms with Crippen molar-refractivity contribution in [2.75, 3.05) is 79.8 Å². The van der Waals surface area contributed by atoms with Crippen LogP contribution in [0.25, 0.3) is 21.8 Å². The van der Waals surface area contributed by atoms with Crippen LogP contribution in [0.1, 0.15) is 146 Å². The summed E-state index contributed by atoms with van der Waals surface area (Å²) < 4.78 is 49.5. The molecule has 115 heavy (non-hydrogen) atoms. The number of piperazine rings is 2. The number of nitriles is 2. The van der Waals surface area contributed by atoms with Gasteiger partial charge in [0, 0.05) is 125 Å². The predicted molar refractivity (Wildman–Crippen MR) is 420 cm³/mol. The van der Waals surface area contributed by atoms with E-state index < -0.39 is 52.3 Å². The first-order valence-corrected chi connectivity index (χ1v) is 40.7. The van der Waals surface area contributed by atoms with Gasteiger partial charge in [-0.3, -0.25) is 30.2 Å². The van der Waals surface area contributed by atoms with E-state index >= 15 is 0 Å². The maximum absolute atomic E-state index is 15.0. The van der Waals surface area contributed by atoms with Crippen LogP contribution in [0.5, 0.6) is 46.0 Å². The van der Waals surface area contributed by atoms with Crippen LogP contribution in [-0.4, -0.2) is 200 Å². The van der Waals surface area contributed by atoms with Crippen molar-refractivity contribution in [1.29, 1.82) is 10.5 Å². The summed E-state index contributed by atoms with van der Waals surface area (Å²) in [7, 11) is 7.30. The normalized spacial score (nSPS) is 29.5. The zero-order valence-electron chi connectivity index (χ0n) is 65.6. The molecule has 1 radical (unpaired) electrons. The number of carbonyl (C=O) groups excluding carboxylic acids is 2. The number of rotatable bonds is 4. The summed E-state index contributed by atoms with van der Waals surface area (Å²) >= 11 is 3.31. The van der Waals surface area contributed by atoms with E-state index in [2.05, 4.69) is 144 Å². The molecule has 0 amide bonds. The molecule has 8 aromatic rings. The van der Waals surface area contributed by atoms with E-state index in [9.17, 15) is 40.5 Å². The van der Waals surface area contributed by atoms with Crippen LogP contribution < -0.4 is 39.1 Å². The smallest absolute Gasteiger partial charge is 0.333 e. The molecule has 16 heterocycles. The molecule has 8 bridgehead atoms. The van der Waals surface area contributed by atoms with Crippen molar-refractivity contribution in [3.8, 4) is 58.1 Å². The second-order valence-electron chi connectivity index (χ2n) is 32.6. The van der Waals surface area contributed by atoms with Crippen molar-refractivity contribution in [2.45, 2.75) is 175 Å². The Balaban J connectivity index is 0.000000157. The van der Waals surface area contributed by atoms with Gasteiger partial charge in [-0.1, -0.05) is 35.4 Å². The molecule has 9 N–H and O–H groups in total. The summed E-state index contributed by atoms with van der Waals surface area (Å²) in [4.78, 5) is 54.7. The second-order valence-corrected chi connectivity index (χ2v) is 34.9. The first-order chi connectivity index (χ1) is 54.8. The number of thioether (sulfide) groups is 2. The number of carbonyl (C=O) groups is 2. The Hall–Kier alpha value is -8.96. The number of fused-ring (bicyclic) bond motifs is 22. The molecular formula is C84H91AgN11O17S2. The van der Waals surface area contributed by atoms with Crippen molar-refractivity contribution in [1.82, 2.24) is 40.2 Å². The number of aromatic amines is 2.